The monoisotopic (exact) mass is 532 g/mol. The summed E-state index contributed by atoms with van der Waals surface area (Å²) in [5.41, 5.74) is 3.06. The van der Waals surface area contributed by atoms with E-state index in [0.717, 1.165) is 11.1 Å². The maximum atomic E-state index is 14.9. The molecule has 1 aromatic carbocycles. The minimum atomic E-state index is -4.36. The molecule has 3 heterocycles. The van der Waals surface area contributed by atoms with E-state index >= 15 is 0 Å². The largest absolute Gasteiger partial charge is 0.408 e. The van der Waals surface area contributed by atoms with E-state index in [0.29, 0.717) is 36.6 Å². The minimum Gasteiger partial charge on any atom is -0.370 e. The van der Waals surface area contributed by atoms with Gasteiger partial charge >= 0.3 is 6.18 Å². The molecule has 1 atom stereocenters. The van der Waals surface area contributed by atoms with Gasteiger partial charge in [0.25, 0.3) is 10.0 Å². The van der Waals surface area contributed by atoms with Gasteiger partial charge in [0.05, 0.1) is 11.2 Å². The van der Waals surface area contributed by atoms with Crippen molar-refractivity contribution in [3.8, 4) is 0 Å². The van der Waals surface area contributed by atoms with Crippen LogP contribution in [-0.4, -0.2) is 60.4 Å². The molecule has 35 heavy (non-hydrogen) atoms. The van der Waals surface area contributed by atoms with Crippen LogP contribution in [0, 0.1) is 12.7 Å². The zero-order valence-electron chi connectivity index (χ0n) is 19.0. The molecule has 0 unspecified atom stereocenters. The maximum absolute atomic E-state index is 14.9. The lowest BCUT2D eigenvalue weighted by Crippen LogP contribution is -2.35. The summed E-state index contributed by atoms with van der Waals surface area (Å²) < 4.78 is 81.8. The van der Waals surface area contributed by atoms with Crippen LogP contribution in [0.2, 0.25) is 0 Å². The Morgan fingerprint density at radius 2 is 2.09 bits per heavy atom. The Balaban J connectivity index is 1.45. The summed E-state index contributed by atoms with van der Waals surface area (Å²) in [6, 6.07) is 4.04. The topological polar surface area (TPSA) is 83.4 Å². The third-order valence-electron chi connectivity index (χ3n) is 5.91. The first-order chi connectivity index (χ1) is 16.4. The highest BCUT2D eigenvalue weighted by atomic mass is 32.2. The van der Waals surface area contributed by atoms with Crippen molar-refractivity contribution in [2.75, 3.05) is 29.8 Å². The van der Waals surface area contributed by atoms with Gasteiger partial charge in [0, 0.05) is 50.0 Å². The maximum Gasteiger partial charge on any atom is 0.408 e. The number of hydrogen-bond acceptors (Lipinski definition) is 7. The second-order valence-electron chi connectivity index (χ2n) is 8.43. The molecule has 2 aromatic heterocycles. The fraction of sp³-hybridized carbons (Fsp3) is 0.429. The van der Waals surface area contributed by atoms with Crippen LogP contribution in [0.1, 0.15) is 17.7 Å². The number of thiazole rings is 1. The second-order valence-corrected chi connectivity index (χ2v) is 10.8. The molecule has 0 aliphatic carbocycles. The lowest BCUT2D eigenvalue weighted by atomic mass is 10.1. The number of rotatable bonds is 8. The molecule has 1 saturated heterocycles. The molecule has 0 spiro atoms. The number of benzene rings is 1. The highest BCUT2D eigenvalue weighted by Crippen LogP contribution is 2.30. The number of aryl methyl sites for hydroxylation is 1. The third kappa shape index (κ3) is 5.93. The second kappa shape index (κ2) is 9.74. The van der Waals surface area contributed by atoms with Crippen molar-refractivity contribution in [1.29, 1.82) is 0 Å². The molecule has 4 rings (SSSR count). The first-order valence-electron chi connectivity index (χ1n) is 10.7. The van der Waals surface area contributed by atoms with Crippen LogP contribution in [0.25, 0.3) is 0 Å². The number of alkyl halides is 3. The Morgan fingerprint density at radius 1 is 1.31 bits per heavy atom. The van der Waals surface area contributed by atoms with Gasteiger partial charge in [-0.05, 0) is 37.1 Å². The Kier molecular flexibility index (Phi) is 7.06. The predicted octanol–water partition coefficient (Wildman–Crippen LogP) is 3.86. The first-order valence-corrected chi connectivity index (χ1v) is 13.1. The lowest BCUT2D eigenvalue weighted by Gasteiger charge is -2.29. The van der Waals surface area contributed by atoms with Crippen molar-refractivity contribution in [2.45, 2.75) is 43.5 Å². The molecule has 0 bridgehead atoms. The Hall–Kier alpha value is -2.71. The fourth-order valence-corrected chi connectivity index (χ4v) is 5.89. The molecule has 0 saturated carbocycles. The number of nitrogens with zero attached hydrogens (tertiary/aromatic N) is 5. The van der Waals surface area contributed by atoms with Crippen molar-refractivity contribution in [1.82, 2.24) is 19.7 Å². The number of likely N-dealkylation sites (N-methyl/N-ethyl adjacent to an activating group) is 1. The summed E-state index contributed by atoms with van der Waals surface area (Å²) >= 11 is 1.21. The van der Waals surface area contributed by atoms with Gasteiger partial charge in [-0.15, -0.1) is 11.3 Å². The van der Waals surface area contributed by atoms with Crippen molar-refractivity contribution in [3.05, 3.63) is 52.4 Å². The number of nitrogens with one attached hydrogen (secondary N) is 1. The standard InChI is InChI=1S/C21H24F4N6O2S2/c1-14-7-19(35(32,33)28-20-11-34-13-26-20)17(22)8-18(14)29(2)15-4-6-30(9-15)10-16-3-5-27-31(16)12-21(23,24)25/h3,5,7-8,11,13,15,28H,4,6,9-10,12H2,1-2H3/t15-/m0/s1. The summed E-state index contributed by atoms with van der Waals surface area (Å²) in [6.45, 7) is 2.08. The third-order valence-corrected chi connectivity index (χ3v) is 7.86. The quantitative estimate of drug-likeness (QED) is 0.444. The molecular weight excluding hydrogens is 508 g/mol. The van der Waals surface area contributed by atoms with Gasteiger partial charge in [-0.1, -0.05) is 0 Å². The Labute approximate surface area is 204 Å². The smallest absolute Gasteiger partial charge is 0.370 e. The number of sulfonamides is 1. The molecule has 14 heteroatoms. The molecule has 1 aliphatic heterocycles. The van der Waals surface area contributed by atoms with Crippen molar-refractivity contribution >= 4 is 32.9 Å². The van der Waals surface area contributed by atoms with Gasteiger partial charge in [0.15, 0.2) is 5.82 Å². The number of aromatic nitrogens is 3. The Bertz CT molecular complexity index is 1280. The van der Waals surface area contributed by atoms with Gasteiger partial charge in [0.1, 0.15) is 17.3 Å². The zero-order valence-corrected chi connectivity index (χ0v) is 20.6. The average molecular weight is 533 g/mol. The van der Waals surface area contributed by atoms with Crippen LogP contribution in [-0.2, 0) is 23.1 Å². The van der Waals surface area contributed by atoms with E-state index in [1.807, 2.05) is 9.80 Å². The van der Waals surface area contributed by atoms with E-state index in [1.165, 1.54) is 40.6 Å². The van der Waals surface area contributed by atoms with E-state index in [-0.39, 0.29) is 11.9 Å². The summed E-state index contributed by atoms with van der Waals surface area (Å²) in [4.78, 5) is 7.30. The van der Waals surface area contributed by atoms with E-state index in [2.05, 4.69) is 14.8 Å². The molecule has 8 nitrogen and oxygen atoms in total. The predicted molar refractivity (Wildman–Crippen MR) is 124 cm³/mol. The van der Waals surface area contributed by atoms with E-state index in [9.17, 15) is 26.0 Å². The number of hydrogen-bond donors (Lipinski definition) is 1. The summed E-state index contributed by atoms with van der Waals surface area (Å²) in [7, 11) is -2.35. The van der Waals surface area contributed by atoms with Crippen molar-refractivity contribution in [2.24, 2.45) is 0 Å². The summed E-state index contributed by atoms with van der Waals surface area (Å²) in [5.74, 6) is -0.762. The minimum absolute atomic E-state index is 0.0253. The van der Waals surface area contributed by atoms with Crippen LogP contribution >= 0.6 is 11.3 Å². The SMILES string of the molecule is Cc1cc(S(=O)(=O)Nc2cscn2)c(F)cc1N(C)[C@H]1CCN(Cc2ccnn2CC(F)(F)F)C1. The van der Waals surface area contributed by atoms with Crippen molar-refractivity contribution < 1.29 is 26.0 Å². The van der Waals surface area contributed by atoms with Crippen LogP contribution in [0.3, 0.4) is 0 Å². The highest BCUT2D eigenvalue weighted by molar-refractivity contribution is 7.92. The molecule has 190 valence electrons. The summed E-state index contributed by atoms with van der Waals surface area (Å²) in [6.07, 6.45) is -2.28. The first kappa shape index (κ1) is 25.4. The normalized spacial score (nSPS) is 17.1. The van der Waals surface area contributed by atoms with Gasteiger partial charge < -0.3 is 4.90 Å². The zero-order chi connectivity index (χ0) is 25.4. The molecule has 1 fully saturated rings. The van der Waals surface area contributed by atoms with Crippen LogP contribution in [0.4, 0.5) is 29.1 Å². The fourth-order valence-electron chi connectivity index (χ4n) is 4.19. The van der Waals surface area contributed by atoms with Crippen molar-refractivity contribution in [3.63, 3.8) is 0 Å². The van der Waals surface area contributed by atoms with Gasteiger partial charge in [-0.2, -0.15) is 18.3 Å². The highest BCUT2D eigenvalue weighted by Gasteiger charge is 2.32. The Morgan fingerprint density at radius 3 is 2.77 bits per heavy atom. The molecule has 1 aliphatic rings. The molecule has 3 aromatic rings. The molecule has 0 radical (unpaired) electrons. The number of halogens is 4. The van der Waals surface area contributed by atoms with E-state index in [4.69, 9.17) is 0 Å². The number of likely N-dealkylation sites (tertiary alicyclic amines) is 1. The molecular formula is C21H24F4N6O2S2. The number of anilines is 2. The average Bonchev–Trinajstić information content (AvgIpc) is 3.51. The summed E-state index contributed by atoms with van der Waals surface area (Å²) in [5, 5.41) is 5.28. The van der Waals surface area contributed by atoms with Crippen LogP contribution in [0.15, 0.2) is 40.2 Å². The lowest BCUT2D eigenvalue weighted by molar-refractivity contribution is -0.143. The van der Waals surface area contributed by atoms with Gasteiger partial charge in [0.2, 0.25) is 0 Å². The van der Waals surface area contributed by atoms with E-state index in [1.54, 1.807) is 20.0 Å². The van der Waals surface area contributed by atoms with Gasteiger partial charge in [-0.25, -0.2) is 17.8 Å². The molecule has 0 amide bonds. The van der Waals surface area contributed by atoms with Crippen LogP contribution in [0.5, 0.6) is 0 Å². The van der Waals surface area contributed by atoms with Crippen LogP contribution < -0.4 is 9.62 Å². The van der Waals surface area contributed by atoms with Gasteiger partial charge in [-0.3, -0.25) is 14.3 Å². The van der Waals surface area contributed by atoms with E-state index < -0.39 is 33.5 Å². The molecule has 1 N–H and O–H groups in total.